The third-order valence-electron chi connectivity index (χ3n) is 3.87. The van der Waals surface area contributed by atoms with Gasteiger partial charge < -0.3 is 10.1 Å². The normalized spacial score (nSPS) is 16.1. The number of halogens is 2. The largest absolute Gasteiger partial charge is 0.490 e. The van der Waals surface area contributed by atoms with E-state index in [1.807, 2.05) is 0 Å². The minimum Gasteiger partial charge on any atom is -0.490 e. The number of hydrogen-bond donors (Lipinski definition) is 2. The molecule has 9 heteroatoms. The van der Waals surface area contributed by atoms with Crippen molar-refractivity contribution in [2.24, 2.45) is 5.41 Å². The second kappa shape index (κ2) is 6.24. The number of fused-ring (bicyclic) bond motifs is 1. The molecule has 138 valence electrons. The van der Waals surface area contributed by atoms with Crippen LogP contribution in [0, 0.1) is 17.0 Å². The fraction of sp³-hybridized carbons (Fsp3) is 0.235. The standard InChI is InChI=1S/C17H16F2N2O4S/c1-17(2)9-25-14-8-11(4-5-13(14)20-16(17)22)21-26(23,24)15-6-3-10(18)7-12(15)19/h3-8,21H,9H2,1-2H3,(H,20,22). The van der Waals surface area contributed by atoms with Crippen molar-refractivity contribution >= 4 is 27.3 Å². The van der Waals surface area contributed by atoms with E-state index in [4.69, 9.17) is 4.74 Å². The highest BCUT2D eigenvalue weighted by molar-refractivity contribution is 7.92. The van der Waals surface area contributed by atoms with Gasteiger partial charge in [0.1, 0.15) is 28.9 Å². The van der Waals surface area contributed by atoms with Gasteiger partial charge in [-0.05, 0) is 38.1 Å². The van der Waals surface area contributed by atoms with E-state index in [0.29, 0.717) is 11.8 Å². The van der Waals surface area contributed by atoms with Crippen LogP contribution >= 0.6 is 0 Å². The second-order valence-electron chi connectivity index (χ2n) is 6.52. The van der Waals surface area contributed by atoms with Crippen LogP contribution < -0.4 is 14.8 Å². The zero-order valence-electron chi connectivity index (χ0n) is 14.0. The molecule has 0 aliphatic carbocycles. The summed E-state index contributed by atoms with van der Waals surface area (Å²) in [7, 11) is -4.26. The number of carbonyl (C=O) groups is 1. The van der Waals surface area contributed by atoms with Crippen molar-refractivity contribution in [3.63, 3.8) is 0 Å². The number of benzene rings is 2. The van der Waals surface area contributed by atoms with Crippen molar-refractivity contribution in [1.82, 2.24) is 0 Å². The summed E-state index contributed by atoms with van der Waals surface area (Å²) in [5, 5.41) is 2.71. The van der Waals surface area contributed by atoms with Gasteiger partial charge in [0.05, 0.1) is 16.8 Å². The molecule has 0 fully saturated rings. The predicted molar refractivity (Wildman–Crippen MR) is 91.5 cm³/mol. The van der Waals surface area contributed by atoms with E-state index >= 15 is 0 Å². The number of nitrogens with one attached hydrogen (secondary N) is 2. The lowest BCUT2D eigenvalue weighted by Gasteiger charge is -2.18. The first-order chi connectivity index (χ1) is 12.1. The van der Waals surface area contributed by atoms with Gasteiger partial charge in [0.15, 0.2) is 0 Å². The monoisotopic (exact) mass is 382 g/mol. The average molecular weight is 382 g/mol. The van der Waals surface area contributed by atoms with Crippen LogP contribution in [0.25, 0.3) is 0 Å². The Labute approximate surface area is 149 Å². The molecule has 0 atom stereocenters. The molecule has 1 heterocycles. The molecule has 2 aromatic carbocycles. The SMILES string of the molecule is CC1(C)COc2cc(NS(=O)(=O)c3ccc(F)cc3F)ccc2NC1=O. The molecule has 26 heavy (non-hydrogen) atoms. The molecule has 3 rings (SSSR count). The Hall–Kier alpha value is -2.68. The van der Waals surface area contributed by atoms with Crippen LogP contribution in [-0.4, -0.2) is 20.9 Å². The minimum atomic E-state index is -4.26. The van der Waals surface area contributed by atoms with Crippen LogP contribution in [-0.2, 0) is 14.8 Å². The van der Waals surface area contributed by atoms with Gasteiger partial charge in [0.2, 0.25) is 5.91 Å². The van der Waals surface area contributed by atoms with Crippen LogP contribution in [0.1, 0.15) is 13.8 Å². The molecule has 0 radical (unpaired) electrons. The van der Waals surface area contributed by atoms with Crippen molar-refractivity contribution in [1.29, 1.82) is 0 Å². The number of hydrogen-bond acceptors (Lipinski definition) is 4. The van der Waals surface area contributed by atoms with E-state index in [9.17, 15) is 22.0 Å². The Morgan fingerprint density at radius 3 is 2.58 bits per heavy atom. The van der Waals surface area contributed by atoms with Crippen molar-refractivity contribution in [2.75, 3.05) is 16.6 Å². The highest BCUT2D eigenvalue weighted by atomic mass is 32.2. The van der Waals surface area contributed by atoms with E-state index < -0.39 is 32.0 Å². The van der Waals surface area contributed by atoms with Crippen LogP contribution in [0.15, 0.2) is 41.3 Å². The maximum Gasteiger partial charge on any atom is 0.264 e. The molecule has 1 aliphatic rings. The van der Waals surface area contributed by atoms with Crippen LogP contribution in [0.3, 0.4) is 0 Å². The third-order valence-corrected chi connectivity index (χ3v) is 5.28. The number of anilines is 2. The molecule has 0 bridgehead atoms. The zero-order valence-corrected chi connectivity index (χ0v) is 14.8. The predicted octanol–water partition coefficient (Wildman–Crippen LogP) is 3.12. The van der Waals surface area contributed by atoms with E-state index in [1.54, 1.807) is 13.8 Å². The van der Waals surface area contributed by atoms with Gasteiger partial charge in [0.25, 0.3) is 10.0 Å². The summed E-state index contributed by atoms with van der Waals surface area (Å²) >= 11 is 0. The molecule has 1 aliphatic heterocycles. The first-order valence-corrected chi connectivity index (χ1v) is 9.13. The summed E-state index contributed by atoms with van der Waals surface area (Å²) < 4.78 is 59.2. The van der Waals surface area contributed by atoms with Crippen molar-refractivity contribution in [3.05, 3.63) is 48.0 Å². The molecule has 0 saturated carbocycles. The van der Waals surface area contributed by atoms with Crippen molar-refractivity contribution < 1.29 is 26.7 Å². The Kier molecular flexibility index (Phi) is 4.35. The average Bonchev–Trinajstić information content (AvgIpc) is 2.64. The van der Waals surface area contributed by atoms with Crippen LogP contribution in [0.5, 0.6) is 5.75 Å². The molecular formula is C17H16F2N2O4S. The van der Waals surface area contributed by atoms with E-state index in [1.165, 1.54) is 18.2 Å². The Bertz CT molecular complexity index is 990. The smallest absolute Gasteiger partial charge is 0.264 e. The molecule has 1 amide bonds. The molecular weight excluding hydrogens is 366 g/mol. The molecule has 0 spiro atoms. The fourth-order valence-electron chi connectivity index (χ4n) is 2.33. The van der Waals surface area contributed by atoms with Gasteiger partial charge in [-0.25, -0.2) is 17.2 Å². The Morgan fingerprint density at radius 2 is 1.88 bits per heavy atom. The maximum absolute atomic E-state index is 13.8. The van der Waals surface area contributed by atoms with Gasteiger partial charge in [0, 0.05) is 12.1 Å². The van der Waals surface area contributed by atoms with Gasteiger partial charge in [-0.1, -0.05) is 0 Å². The topological polar surface area (TPSA) is 84.5 Å². The van der Waals surface area contributed by atoms with Crippen molar-refractivity contribution in [2.45, 2.75) is 18.7 Å². The number of rotatable bonds is 3. The summed E-state index contributed by atoms with van der Waals surface area (Å²) in [5.41, 5.74) is -0.242. The fourth-order valence-corrected chi connectivity index (χ4v) is 3.44. The maximum atomic E-state index is 13.8. The lowest BCUT2D eigenvalue weighted by molar-refractivity contribution is -0.124. The molecule has 2 N–H and O–H groups in total. The summed E-state index contributed by atoms with van der Waals surface area (Å²) in [6.07, 6.45) is 0. The van der Waals surface area contributed by atoms with E-state index in [-0.39, 0.29) is 24.0 Å². The summed E-state index contributed by atoms with van der Waals surface area (Å²) in [5.74, 6) is -2.02. The second-order valence-corrected chi connectivity index (χ2v) is 8.17. The van der Waals surface area contributed by atoms with Crippen LogP contribution in [0.4, 0.5) is 20.2 Å². The highest BCUT2D eigenvalue weighted by Crippen LogP contribution is 2.34. The molecule has 0 saturated heterocycles. The zero-order chi connectivity index (χ0) is 19.1. The summed E-state index contributed by atoms with van der Waals surface area (Å²) in [4.78, 5) is 11.4. The van der Waals surface area contributed by atoms with Gasteiger partial charge >= 0.3 is 0 Å². The molecule has 2 aromatic rings. The van der Waals surface area contributed by atoms with Gasteiger partial charge in [-0.2, -0.15) is 0 Å². The minimum absolute atomic E-state index is 0.106. The first kappa shape index (κ1) is 18.1. The molecule has 0 aromatic heterocycles. The Balaban J connectivity index is 1.90. The summed E-state index contributed by atoms with van der Waals surface area (Å²) in [6.45, 7) is 3.54. The van der Waals surface area contributed by atoms with E-state index in [0.717, 1.165) is 12.1 Å². The number of amides is 1. The highest BCUT2D eigenvalue weighted by Gasteiger charge is 2.32. The van der Waals surface area contributed by atoms with Gasteiger partial charge in [-0.3, -0.25) is 9.52 Å². The van der Waals surface area contributed by atoms with E-state index in [2.05, 4.69) is 10.0 Å². The Morgan fingerprint density at radius 1 is 1.15 bits per heavy atom. The molecule has 6 nitrogen and oxygen atoms in total. The summed E-state index contributed by atoms with van der Waals surface area (Å²) in [6, 6.07) is 6.46. The quantitative estimate of drug-likeness (QED) is 0.854. The number of carbonyl (C=O) groups excluding carboxylic acids is 1. The third kappa shape index (κ3) is 3.48. The lowest BCUT2D eigenvalue weighted by Crippen LogP contribution is -2.33. The first-order valence-electron chi connectivity index (χ1n) is 7.65. The van der Waals surface area contributed by atoms with Crippen LogP contribution in [0.2, 0.25) is 0 Å². The lowest BCUT2D eigenvalue weighted by atomic mass is 9.94. The van der Waals surface area contributed by atoms with Gasteiger partial charge in [-0.15, -0.1) is 0 Å². The number of ether oxygens (including phenoxy) is 1. The molecule has 0 unspecified atom stereocenters. The van der Waals surface area contributed by atoms with Crippen molar-refractivity contribution in [3.8, 4) is 5.75 Å². The number of sulfonamides is 1.